The Morgan fingerprint density at radius 3 is 2.71 bits per heavy atom. The monoisotopic (exact) mass is 334 g/mol. The van der Waals surface area contributed by atoms with Crippen LogP contribution in [0.3, 0.4) is 0 Å². The molecule has 24 heavy (non-hydrogen) atoms. The molecule has 3 aromatic rings. The maximum absolute atomic E-state index is 13.3. The molecule has 0 saturated carbocycles. The van der Waals surface area contributed by atoms with Gasteiger partial charge in [-0.3, -0.25) is 9.69 Å². The van der Waals surface area contributed by atoms with Gasteiger partial charge in [-0.25, -0.2) is 13.5 Å². The summed E-state index contributed by atoms with van der Waals surface area (Å²) in [5.74, 6) is -1.23. The van der Waals surface area contributed by atoms with Gasteiger partial charge in [0.2, 0.25) is 0 Å². The van der Waals surface area contributed by atoms with Gasteiger partial charge in [-0.2, -0.15) is 5.10 Å². The largest absolute Gasteiger partial charge is 0.360 e. The van der Waals surface area contributed by atoms with Crippen LogP contribution in [0.25, 0.3) is 10.9 Å². The highest BCUT2D eigenvalue weighted by Gasteiger charge is 2.16. The summed E-state index contributed by atoms with van der Waals surface area (Å²) in [6.45, 7) is 4.02. The Morgan fingerprint density at radius 2 is 2.00 bits per heavy atom. The molecule has 8 heteroatoms. The second-order valence-electron chi connectivity index (χ2n) is 5.76. The molecule has 0 saturated heterocycles. The number of hydrogen-bond donors (Lipinski definition) is 0. The first kappa shape index (κ1) is 16.3. The van der Waals surface area contributed by atoms with E-state index in [4.69, 9.17) is 4.52 Å². The molecule has 2 aromatic heterocycles. The minimum absolute atomic E-state index is 0.181. The highest BCUT2D eigenvalue weighted by atomic mass is 19.2. The summed E-state index contributed by atoms with van der Waals surface area (Å²) in [6, 6.07) is 3.72. The van der Waals surface area contributed by atoms with Gasteiger partial charge in [0.15, 0.2) is 17.2 Å². The molecule has 2 heterocycles. The van der Waals surface area contributed by atoms with Gasteiger partial charge in [-0.1, -0.05) is 11.2 Å². The molecule has 0 aliphatic heterocycles. The second kappa shape index (κ2) is 6.12. The summed E-state index contributed by atoms with van der Waals surface area (Å²) in [6.07, 6.45) is 0. The number of halogens is 2. The Bertz CT molecular complexity index is 965. The molecule has 1 aromatic carbocycles. The summed E-state index contributed by atoms with van der Waals surface area (Å²) < 4.78 is 32.6. The molecule has 0 aliphatic rings. The van der Waals surface area contributed by atoms with Crippen molar-refractivity contribution in [3.63, 3.8) is 0 Å². The summed E-state index contributed by atoms with van der Waals surface area (Å²) in [7, 11) is 1.75. The van der Waals surface area contributed by atoms with Crippen molar-refractivity contribution in [3.05, 3.63) is 57.2 Å². The highest BCUT2D eigenvalue weighted by Crippen LogP contribution is 2.16. The lowest BCUT2D eigenvalue weighted by Gasteiger charge is -2.17. The fourth-order valence-corrected chi connectivity index (χ4v) is 2.67. The normalized spacial score (nSPS) is 11.6. The molecule has 0 atom stereocenters. The summed E-state index contributed by atoms with van der Waals surface area (Å²) >= 11 is 0. The van der Waals surface area contributed by atoms with Gasteiger partial charge >= 0.3 is 0 Å². The average Bonchev–Trinajstić information content (AvgIpc) is 2.91. The third-order valence-corrected chi connectivity index (χ3v) is 3.74. The molecule has 0 unspecified atom stereocenters. The predicted octanol–water partition coefficient (Wildman–Crippen LogP) is 2.37. The minimum atomic E-state index is -0.897. The third-order valence-electron chi connectivity index (χ3n) is 3.74. The number of benzene rings is 1. The third kappa shape index (κ3) is 2.92. The number of rotatable bonds is 4. The molecule has 6 nitrogen and oxygen atoms in total. The Morgan fingerprint density at radius 1 is 1.25 bits per heavy atom. The zero-order valence-electron chi connectivity index (χ0n) is 13.5. The molecule has 126 valence electrons. The zero-order chi connectivity index (χ0) is 17.4. The molecule has 0 amide bonds. The summed E-state index contributed by atoms with van der Waals surface area (Å²) in [5.41, 5.74) is 1.12. The number of hydrogen-bond acceptors (Lipinski definition) is 5. The van der Waals surface area contributed by atoms with Gasteiger partial charge in [-0.15, -0.1) is 0 Å². The lowest BCUT2D eigenvalue weighted by atomic mass is 10.2. The molecule has 0 spiro atoms. The first-order valence-corrected chi connectivity index (χ1v) is 7.33. The summed E-state index contributed by atoms with van der Waals surface area (Å²) in [4.78, 5) is 14.2. The van der Waals surface area contributed by atoms with Crippen LogP contribution in [0.1, 0.15) is 17.0 Å². The van der Waals surface area contributed by atoms with Crippen molar-refractivity contribution in [1.82, 2.24) is 19.8 Å². The molecular weight excluding hydrogens is 318 g/mol. The topological polar surface area (TPSA) is 64.2 Å². The molecule has 3 rings (SSSR count). The van der Waals surface area contributed by atoms with Crippen molar-refractivity contribution in [2.75, 3.05) is 7.05 Å². The number of nitrogens with zero attached hydrogens (tertiary/aromatic N) is 4. The summed E-state index contributed by atoms with van der Waals surface area (Å²) in [5, 5.41) is 8.69. The highest BCUT2D eigenvalue weighted by molar-refractivity contribution is 5.81. The smallest absolute Gasteiger partial charge is 0.298 e. The first-order chi connectivity index (χ1) is 11.4. The van der Waals surface area contributed by atoms with Crippen LogP contribution >= 0.6 is 0 Å². The molecule has 0 aliphatic carbocycles. The maximum Gasteiger partial charge on any atom is 0.298 e. The molecule has 0 fully saturated rings. The number of aryl methyl sites for hydroxylation is 2. The van der Waals surface area contributed by atoms with Crippen LogP contribution in [0.15, 0.2) is 27.5 Å². The number of fused-ring (bicyclic) bond motifs is 1. The standard InChI is InChI=1S/C16H16F2N4O2/c1-9-14-10(2)24-20-15(14)16(23)22(19-9)8-21(3)7-11-4-5-12(17)13(18)6-11/h4-6H,7-8H2,1-3H3. The van der Waals surface area contributed by atoms with Gasteiger partial charge in [0.05, 0.1) is 17.7 Å². The first-order valence-electron chi connectivity index (χ1n) is 7.33. The van der Waals surface area contributed by atoms with Crippen LogP contribution in [0.2, 0.25) is 0 Å². The van der Waals surface area contributed by atoms with Crippen molar-refractivity contribution >= 4 is 10.9 Å². The van der Waals surface area contributed by atoms with E-state index in [1.54, 1.807) is 25.8 Å². The lowest BCUT2D eigenvalue weighted by Crippen LogP contribution is -2.32. The van der Waals surface area contributed by atoms with Crippen molar-refractivity contribution < 1.29 is 13.3 Å². The van der Waals surface area contributed by atoms with Crippen molar-refractivity contribution in [3.8, 4) is 0 Å². The van der Waals surface area contributed by atoms with Crippen LogP contribution < -0.4 is 5.56 Å². The van der Waals surface area contributed by atoms with E-state index in [0.29, 0.717) is 28.9 Å². The van der Waals surface area contributed by atoms with E-state index in [-0.39, 0.29) is 17.7 Å². The van der Waals surface area contributed by atoms with E-state index in [1.807, 2.05) is 0 Å². The molecular formula is C16H16F2N4O2. The predicted molar refractivity (Wildman–Crippen MR) is 83.4 cm³/mol. The number of aromatic nitrogens is 3. The van der Waals surface area contributed by atoms with Crippen LogP contribution in [-0.2, 0) is 13.2 Å². The van der Waals surface area contributed by atoms with E-state index < -0.39 is 11.6 Å². The van der Waals surface area contributed by atoms with Crippen LogP contribution in [0, 0.1) is 25.5 Å². The van der Waals surface area contributed by atoms with Gasteiger partial charge in [0, 0.05) is 6.54 Å². The minimum Gasteiger partial charge on any atom is -0.360 e. The van der Waals surface area contributed by atoms with Gasteiger partial charge in [0.25, 0.3) is 5.56 Å². The van der Waals surface area contributed by atoms with E-state index in [0.717, 1.165) is 12.1 Å². The second-order valence-corrected chi connectivity index (χ2v) is 5.76. The van der Waals surface area contributed by atoms with Crippen molar-refractivity contribution in [2.45, 2.75) is 27.1 Å². The molecule has 0 radical (unpaired) electrons. The van der Waals surface area contributed by atoms with Crippen molar-refractivity contribution in [1.29, 1.82) is 0 Å². The van der Waals surface area contributed by atoms with Crippen LogP contribution in [0.5, 0.6) is 0 Å². The fourth-order valence-electron chi connectivity index (χ4n) is 2.67. The molecule has 0 N–H and O–H groups in total. The SMILES string of the molecule is Cc1nn(CN(C)Cc2ccc(F)c(F)c2)c(=O)c2noc(C)c12. The quantitative estimate of drug-likeness (QED) is 0.733. The zero-order valence-corrected chi connectivity index (χ0v) is 13.5. The lowest BCUT2D eigenvalue weighted by molar-refractivity contribution is 0.239. The Balaban J connectivity index is 1.85. The van der Waals surface area contributed by atoms with Crippen molar-refractivity contribution in [2.24, 2.45) is 0 Å². The van der Waals surface area contributed by atoms with Gasteiger partial charge < -0.3 is 4.52 Å². The maximum atomic E-state index is 13.3. The Hall–Kier alpha value is -2.61. The Labute approximate surface area is 136 Å². The van der Waals surface area contributed by atoms with E-state index >= 15 is 0 Å². The van der Waals surface area contributed by atoms with E-state index in [1.165, 1.54) is 10.7 Å². The van der Waals surface area contributed by atoms with Crippen LogP contribution in [-0.4, -0.2) is 26.9 Å². The van der Waals surface area contributed by atoms with E-state index in [2.05, 4.69) is 10.3 Å². The van der Waals surface area contributed by atoms with E-state index in [9.17, 15) is 13.6 Å². The molecule has 0 bridgehead atoms. The van der Waals surface area contributed by atoms with Crippen LogP contribution in [0.4, 0.5) is 8.78 Å². The average molecular weight is 334 g/mol. The fraction of sp³-hybridized carbons (Fsp3) is 0.312. The van der Waals surface area contributed by atoms with Gasteiger partial charge in [0.1, 0.15) is 5.76 Å². The van der Waals surface area contributed by atoms with Gasteiger partial charge in [-0.05, 0) is 38.6 Å². The Kier molecular flexibility index (Phi) is 4.15.